The molecule has 1 fully saturated rings. The first-order chi connectivity index (χ1) is 12.2. The van der Waals surface area contributed by atoms with Crippen LogP contribution in [0.15, 0.2) is 48.3 Å². The van der Waals surface area contributed by atoms with Crippen LogP contribution >= 0.6 is 0 Å². The fourth-order valence-electron chi connectivity index (χ4n) is 3.29. The van der Waals surface area contributed by atoms with Crippen molar-refractivity contribution in [3.63, 3.8) is 0 Å². The molecule has 1 saturated carbocycles. The number of hydrogen-bond acceptors (Lipinski definition) is 2. The summed E-state index contributed by atoms with van der Waals surface area (Å²) in [4.78, 5) is 0. The van der Waals surface area contributed by atoms with Gasteiger partial charge in [0.25, 0.3) is 0 Å². The van der Waals surface area contributed by atoms with Gasteiger partial charge >= 0.3 is 0 Å². The van der Waals surface area contributed by atoms with Crippen LogP contribution in [0.1, 0.15) is 56.6 Å². The van der Waals surface area contributed by atoms with Crippen LogP contribution < -0.4 is 0 Å². The van der Waals surface area contributed by atoms with E-state index in [1.807, 2.05) is 6.08 Å². The Morgan fingerprint density at radius 3 is 2.52 bits per heavy atom. The van der Waals surface area contributed by atoms with E-state index in [4.69, 9.17) is 10.00 Å². The van der Waals surface area contributed by atoms with Crippen molar-refractivity contribution in [1.82, 2.24) is 0 Å². The summed E-state index contributed by atoms with van der Waals surface area (Å²) < 4.78 is 18.7. The van der Waals surface area contributed by atoms with Crippen LogP contribution in [0.4, 0.5) is 4.39 Å². The van der Waals surface area contributed by atoms with Crippen LogP contribution in [0.3, 0.4) is 0 Å². The average molecular weight is 341 g/mol. The largest absolute Gasteiger partial charge is 0.374 e. The minimum absolute atomic E-state index is 0.380. The summed E-state index contributed by atoms with van der Waals surface area (Å²) in [5.74, 6) is -0.00336. The van der Waals surface area contributed by atoms with Gasteiger partial charge in [-0.25, -0.2) is 0 Å². The Morgan fingerprint density at radius 1 is 1.20 bits per heavy atom. The van der Waals surface area contributed by atoms with Crippen molar-refractivity contribution in [3.8, 4) is 6.07 Å². The predicted octanol–water partition coefficient (Wildman–Crippen LogP) is 6.04. The number of nitrogens with zero attached hydrogens (tertiary/aromatic N) is 1. The molecule has 0 aromatic heterocycles. The van der Waals surface area contributed by atoms with Gasteiger partial charge in [-0.2, -0.15) is 9.65 Å². The van der Waals surface area contributed by atoms with Gasteiger partial charge in [0.15, 0.2) is 5.83 Å². The van der Waals surface area contributed by atoms with Gasteiger partial charge in [0.1, 0.15) is 6.07 Å². The molecule has 0 heterocycles. The lowest BCUT2D eigenvalue weighted by Crippen LogP contribution is -2.21. The lowest BCUT2D eigenvalue weighted by molar-refractivity contribution is 0.00646. The molecule has 0 aliphatic heterocycles. The van der Waals surface area contributed by atoms with Crippen LogP contribution in [0.25, 0.3) is 0 Å². The highest BCUT2D eigenvalue weighted by Gasteiger charge is 2.21. The highest BCUT2D eigenvalue weighted by atomic mass is 19.1. The number of benzene rings is 1. The summed E-state index contributed by atoms with van der Waals surface area (Å²) in [7, 11) is 0. The van der Waals surface area contributed by atoms with Gasteiger partial charge in [-0.3, -0.25) is 0 Å². The zero-order chi connectivity index (χ0) is 17.9. The molecule has 0 radical (unpaired) electrons. The Morgan fingerprint density at radius 2 is 1.88 bits per heavy atom. The second-order valence-corrected chi connectivity index (χ2v) is 6.76. The van der Waals surface area contributed by atoms with Crippen molar-refractivity contribution in [2.45, 2.75) is 64.6 Å². The van der Waals surface area contributed by atoms with E-state index in [9.17, 15) is 4.39 Å². The van der Waals surface area contributed by atoms with E-state index in [-0.39, 0.29) is 0 Å². The summed E-state index contributed by atoms with van der Waals surface area (Å²) in [5.41, 5.74) is 2.62. The summed E-state index contributed by atoms with van der Waals surface area (Å²) >= 11 is 0. The standard InChI is InChI=1S/C22H28FNO/c1-2-18-8-10-20(11-9-18)17-25-22-14-12-19(13-15-22)6-4-3-5-7-21(23)16-24/h3,5,7-11,19,22H,2,4,6,12-15,17H2,1H3/b5-3+,21-7-/t19-,22-. The molecule has 2 rings (SSSR count). The maximum absolute atomic E-state index is 12.6. The van der Waals surface area contributed by atoms with Gasteiger partial charge in [-0.1, -0.05) is 43.3 Å². The Labute approximate surface area is 151 Å². The van der Waals surface area contributed by atoms with E-state index < -0.39 is 5.83 Å². The first kappa shape index (κ1) is 19.4. The minimum atomic E-state index is -0.738. The summed E-state index contributed by atoms with van der Waals surface area (Å²) in [6.45, 7) is 2.87. The first-order valence-corrected chi connectivity index (χ1v) is 9.33. The molecule has 2 nitrogen and oxygen atoms in total. The predicted molar refractivity (Wildman–Crippen MR) is 99.5 cm³/mol. The van der Waals surface area contributed by atoms with E-state index in [0.717, 1.165) is 38.0 Å². The molecule has 0 N–H and O–H groups in total. The number of rotatable bonds is 8. The molecular weight excluding hydrogens is 313 g/mol. The zero-order valence-corrected chi connectivity index (χ0v) is 15.1. The maximum Gasteiger partial charge on any atom is 0.199 e. The van der Waals surface area contributed by atoms with Gasteiger partial charge in [0.2, 0.25) is 0 Å². The molecule has 1 aromatic carbocycles. The van der Waals surface area contributed by atoms with Crippen molar-refractivity contribution in [2.24, 2.45) is 5.92 Å². The van der Waals surface area contributed by atoms with E-state index >= 15 is 0 Å². The highest BCUT2D eigenvalue weighted by molar-refractivity contribution is 5.22. The first-order valence-electron chi connectivity index (χ1n) is 9.33. The second kappa shape index (κ2) is 10.8. The molecule has 25 heavy (non-hydrogen) atoms. The second-order valence-electron chi connectivity index (χ2n) is 6.76. The Bertz CT molecular complexity index is 604. The van der Waals surface area contributed by atoms with Crippen molar-refractivity contribution in [3.05, 3.63) is 59.4 Å². The van der Waals surface area contributed by atoms with Gasteiger partial charge in [0.05, 0.1) is 12.7 Å². The molecule has 0 bridgehead atoms. The Hall–Kier alpha value is -1.92. The van der Waals surface area contributed by atoms with E-state index in [2.05, 4.69) is 31.2 Å². The number of aryl methyl sites for hydroxylation is 1. The molecule has 0 spiro atoms. The van der Waals surface area contributed by atoms with Crippen LogP contribution in [-0.2, 0) is 17.8 Å². The SMILES string of the molecule is CCc1ccc(CO[C@H]2CC[C@H](CC/C=C/C=C(\F)C#N)CC2)cc1. The topological polar surface area (TPSA) is 33.0 Å². The molecule has 134 valence electrons. The average Bonchev–Trinajstić information content (AvgIpc) is 2.67. The molecule has 3 heteroatoms. The summed E-state index contributed by atoms with van der Waals surface area (Å²) in [6, 6.07) is 10.2. The van der Waals surface area contributed by atoms with Gasteiger partial charge in [-0.05, 0) is 68.1 Å². The highest BCUT2D eigenvalue weighted by Crippen LogP contribution is 2.30. The van der Waals surface area contributed by atoms with Crippen LogP contribution in [0.5, 0.6) is 0 Å². The van der Waals surface area contributed by atoms with Gasteiger partial charge in [0, 0.05) is 0 Å². The molecule has 0 saturated heterocycles. The number of hydrogen-bond donors (Lipinski definition) is 0. The number of nitriles is 1. The molecule has 1 aliphatic rings. The monoisotopic (exact) mass is 341 g/mol. The Kier molecular flexibility index (Phi) is 8.42. The van der Waals surface area contributed by atoms with Gasteiger partial charge in [-0.15, -0.1) is 0 Å². The Balaban J connectivity index is 1.62. The van der Waals surface area contributed by atoms with E-state index in [0.29, 0.717) is 12.7 Å². The summed E-state index contributed by atoms with van der Waals surface area (Å²) in [6.07, 6.45) is 13.0. The lowest BCUT2D eigenvalue weighted by atomic mass is 9.84. The fourth-order valence-corrected chi connectivity index (χ4v) is 3.29. The van der Waals surface area contributed by atoms with Crippen molar-refractivity contribution >= 4 is 0 Å². The van der Waals surface area contributed by atoms with Crippen molar-refractivity contribution in [1.29, 1.82) is 5.26 Å². The molecule has 0 atom stereocenters. The van der Waals surface area contributed by atoms with E-state index in [1.165, 1.54) is 36.1 Å². The van der Waals surface area contributed by atoms with Crippen molar-refractivity contribution < 1.29 is 9.13 Å². The normalized spacial score (nSPS) is 21.4. The molecule has 1 aliphatic carbocycles. The number of halogens is 1. The third-order valence-electron chi connectivity index (χ3n) is 4.94. The quantitative estimate of drug-likeness (QED) is 0.427. The van der Waals surface area contributed by atoms with E-state index in [1.54, 1.807) is 6.08 Å². The van der Waals surface area contributed by atoms with Gasteiger partial charge < -0.3 is 4.74 Å². The molecular formula is C22H28FNO. The van der Waals surface area contributed by atoms with Crippen LogP contribution in [0.2, 0.25) is 0 Å². The maximum atomic E-state index is 12.6. The number of allylic oxidation sites excluding steroid dienone is 4. The van der Waals surface area contributed by atoms with Crippen LogP contribution in [-0.4, -0.2) is 6.10 Å². The third-order valence-corrected chi connectivity index (χ3v) is 4.94. The zero-order valence-electron chi connectivity index (χ0n) is 15.1. The number of ether oxygens (including phenoxy) is 1. The fraction of sp³-hybridized carbons (Fsp3) is 0.500. The van der Waals surface area contributed by atoms with Crippen LogP contribution in [0, 0.1) is 17.2 Å². The molecule has 1 aromatic rings. The third kappa shape index (κ3) is 7.23. The van der Waals surface area contributed by atoms with Crippen molar-refractivity contribution in [2.75, 3.05) is 0 Å². The molecule has 0 unspecified atom stereocenters. The lowest BCUT2D eigenvalue weighted by Gasteiger charge is -2.28. The minimum Gasteiger partial charge on any atom is -0.374 e. The smallest absolute Gasteiger partial charge is 0.199 e. The summed E-state index contributed by atoms with van der Waals surface area (Å²) in [5, 5.41) is 8.32. The molecule has 0 amide bonds.